The Labute approximate surface area is 160 Å². The monoisotopic (exact) mass is 362 g/mol. The molecule has 0 spiro atoms. The van der Waals surface area contributed by atoms with Crippen molar-refractivity contribution in [2.24, 2.45) is 4.99 Å². The van der Waals surface area contributed by atoms with Crippen LogP contribution in [0.15, 0.2) is 56.7 Å². The minimum atomic E-state index is -0.356. The van der Waals surface area contributed by atoms with Gasteiger partial charge in [0.2, 0.25) is 0 Å². The molecule has 0 amide bonds. The van der Waals surface area contributed by atoms with Gasteiger partial charge in [-0.05, 0) is 64.4 Å². The first-order valence-electron chi connectivity index (χ1n) is 9.38. The molecule has 0 saturated carbocycles. The zero-order chi connectivity index (χ0) is 19.6. The lowest BCUT2D eigenvalue weighted by molar-refractivity contribution is 0.559. The lowest BCUT2D eigenvalue weighted by atomic mass is 10.1. The fourth-order valence-electron chi connectivity index (χ4n) is 3.31. The third-order valence-corrected chi connectivity index (χ3v) is 4.88. The molecule has 140 valence electrons. The zero-order valence-electron chi connectivity index (χ0n) is 16.7. The van der Waals surface area contributed by atoms with Gasteiger partial charge in [0.05, 0.1) is 17.0 Å². The van der Waals surface area contributed by atoms with Gasteiger partial charge in [0.1, 0.15) is 5.58 Å². The highest BCUT2D eigenvalue weighted by atomic mass is 16.4. The summed E-state index contributed by atoms with van der Waals surface area (Å²) in [6, 6.07) is 14.0. The lowest BCUT2D eigenvalue weighted by Gasteiger charge is -2.21. The number of aliphatic imine (C=N–C) groups is 1. The summed E-state index contributed by atoms with van der Waals surface area (Å²) in [5.41, 5.74) is 5.61. The number of hydrogen-bond acceptors (Lipinski definition) is 4. The molecular weight excluding hydrogens is 336 g/mol. The Hall–Kier alpha value is -2.88. The first-order valence-corrected chi connectivity index (χ1v) is 9.38. The van der Waals surface area contributed by atoms with E-state index in [1.54, 1.807) is 0 Å². The van der Waals surface area contributed by atoms with Gasteiger partial charge >= 0.3 is 5.63 Å². The molecule has 0 bridgehead atoms. The number of anilines is 1. The minimum absolute atomic E-state index is 0.356. The molecule has 3 aromatic rings. The van der Waals surface area contributed by atoms with E-state index in [4.69, 9.17) is 4.42 Å². The SMILES string of the molecule is CCN(CC)c1ccc2cc(C(C)=Nc3ccc(C)cc3C)c(=O)oc2c1. The van der Waals surface area contributed by atoms with E-state index in [1.165, 1.54) is 5.56 Å². The van der Waals surface area contributed by atoms with E-state index in [1.807, 2.05) is 44.2 Å². The first kappa shape index (κ1) is 18.9. The van der Waals surface area contributed by atoms with E-state index in [-0.39, 0.29) is 5.63 Å². The predicted octanol–water partition coefficient (Wildman–Crippen LogP) is 5.40. The summed E-state index contributed by atoms with van der Waals surface area (Å²) >= 11 is 0. The van der Waals surface area contributed by atoms with E-state index in [0.717, 1.165) is 35.4 Å². The standard InChI is InChI=1S/C23H26N2O2/c1-6-25(7-2)19-10-9-18-13-20(23(26)27-22(18)14-19)17(5)24-21-11-8-15(3)12-16(21)4/h8-14H,6-7H2,1-5H3. The molecule has 0 aliphatic rings. The van der Waals surface area contributed by atoms with Crippen LogP contribution in [0.1, 0.15) is 37.5 Å². The van der Waals surface area contributed by atoms with Crippen molar-refractivity contribution in [1.82, 2.24) is 0 Å². The first-order chi connectivity index (χ1) is 12.9. The van der Waals surface area contributed by atoms with Crippen molar-refractivity contribution in [2.75, 3.05) is 18.0 Å². The quantitative estimate of drug-likeness (QED) is 0.451. The van der Waals surface area contributed by atoms with Gasteiger partial charge in [0.25, 0.3) is 0 Å². The van der Waals surface area contributed by atoms with Gasteiger partial charge in [-0.1, -0.05) is 17.7 Å². The Morgan fingerprint density at radius 1 is 1.04 bits per heavy atom. The lowest BCUT2D eigenvalue weighted by Crippen LogP contribution is -2.21. The molecule has 0 N–H and O–H groups in total. The molecule has 2 aromatic carbocycles. The Balaban J connectivity index is 2.04. The largest absolute Gasteiger partial charge is 0.422 e. The highest BCUT2D eigenvalue weighted by Crippen LogP contribution is 2.24. The Morgan fingerprint density at radius 3 is 2.44 bits per heavy atom. The second-order valence-corrected chi connectivity index (χ2v) is 6.83. The van der Waals surface area contributed by atoms with Gasteiger partial charge in [0, 0.05) is 30.2 Å². The summed E-state index contributed by atoms with van der Waals surface area (Å²) in [5, 5.41) is 0.899. The summed E-state index contributed by atoms with van der Waals surface area (Å²) in [6.07, 6.45) is 0. The van der Waals surface area contributed by atoms with E-state index < -0.39 is 0 Å². The molecule has 0 atom stereocenters. The molecule has 1 heterocycles. The zero-order valence-corrected chi connectivity index (χ0v) is 16.7. The van der Waals surface area contributed by atoms with Crippen LogP contribution in [-0.2, 0) is 0 Å². The van der Waals surface area contributed by atoms with Crippen molar-refractivity contribution < 1.29 is 4.42 Å². The van der Waals surface area contributed by atoms with E-state index in [0.29, 0.717) is 16.9 Å². The highest BCUT2D eigenvalue weighted by molar-refractivity contribution is 6.02. The van der Waals surface area contributed by atoms with Gasteiger partial charge in [0.15, 0.2) is 0 Å². The number of nitrogens with zero attached hydrogens (tertiary/aromatic N) is 2. The molecule has 1 aromatic heterocycles. The Bertz CT molecular complexity index is 1060. The number of rotatable bonds is 5. The van der Waals surface area contributed by atoms with Gasteiger partial charge in [-0.2, -0.15) is 0 Å². The molecule has 0 fully saturated rings. The van der Waals surface area contributed by atoms with Crippen molar-refractivity contribution in [3.63, 3.8) is 0 Å². The summed E-state index contributed by atoms with van der Waals surface area (Å²) in [4.78, 5) is 19.4. The fraction of sp³-hybridized carbons (Fsp3) is 0.304. The van der Waals surface area contributed by atoms with Gasteiger partial charge in [-0.25, -0.2) is 4.79 Å². The Kier molecular flexibility index (Phi) is 5.45. The fourth-order valence-corrected chi connectivity index (χ4v) is 3.31. The number of aryl methyl sites for hydroxylation is 2. The van der Waals surface area contributed by atoms with Crippen LogP contribution in [0.5, 0.6) is 0 Å². The smallest absolute Gasteiger partial charge is 0.345 e. The third kappa shape index (κ3) is 3.95. The highest BCUT2D eigenvalue weighted by Gasteiger charge is 2.11. The molecule has 0 aliphatic heterocycles. The van der Waals surface area contributed by atoms with Crippen LogP contribution in [0.2, 0.25) is 0 Å². The third-order valence-electron chi connectivity index (χ3n) is 4.88. The average Bonchev–Trinajstić information content (AvgIpc) is 2.64. The maximum absolute atomic E-state index is 12.6. The molecule has 0 saturated heterocycles. The van der Waals surface area contributed by atoms with Crippen LogP contribution in [0.25, 0.3) is 11.0 Å². The van der Waals surface area contributed by atoms with Crippen LogP contribution in [-0.4, -0.2) is 18.8 Å². The maximum atomic E-state index is 12.6. The van der Waals surface area contributed by atoms with Crippen molar-refractivity contribution in [3.05, 3.63) is 69.6 Å². The van der Waals surface area contributed by atoms with Crippen LogP contribution < -0.4 is 10.5 Å². The topological polar surface area (TPSA) is 45.8 Å². The van der Waals surface area contributed by atoms with E-state index in [2.05, 4.69) is 42.8 Å². The number of hydrogen-bond donors (Lipinski definition) is 0. The molecule has 0 aliphatic carbocycles. The van der Waals surface area contributed by atoms with Crippen LogP contribution in [0.3, 0.4) is 0 Å². The van der Waals surface area contributed by atoms with Gasteiger partial charge < -0.3 is 9.32 Å². The molecule has 4 nitrogen and oxygen atoms in total. The van der Waals surface area contributed by atoms with E-state index in [9.17, 15) is 4.79 Å². The summed E-state index contributed by atoms with van der Waals surface area (Å²) in [7, 11) is 0. The van der Waals surface area contributed by atoms with Crippen LogP contribution in [0.4, 0.5) is 11.4 Å². The number of benzene rings is 2. The van der Waals surface area contributed by atoms with Crippen molar-refractivity contribution in [1.29, 1.82) is 0 Å². The van der Waals surface area contributed by atoms with E-state index >= 15 is 0 Å². The maximum Gasteiger partial charge on any atom is 0.345 e. The molecule has 3 rings (SSSR count). The van der Waals surface area contributed by atoms with Crippen molar-refractivity contribution in [2.45, 2.75) is 34.6 Å². The second-order valence-electron chi connectivity index (χ2n) is 6.83. The summed E-state index contributed by atoms with van der Waals surface area (Å²) < 4.78 is 5.62. The normalized spacial score (nSPS) is 11.8. The number of fused-ring (bicyclic) bond motifs is 1. The molecule has 27 heavy (non-hydrogen) atoms. The van der Waals surface area contributed by atoms with Gasteiger partial charge in [-0.3, -0.25) is 4.99 Å². The van der Waals surface area contributed by atoms with Crippen molar-refractivity contribution in [3.8, 4) is 0 Å². The Morgan fingerprint density at radius 2 is 1.78 bits per heavy atom. The van der Waals surface area contributed by atoms with Gasteiger partial charge in [-0.15, -0.1) is 0 Å². The summed E-state index contributed by atoms with van der Waals surface area (Å²) in [6.45, 7) is 12.0. The predicted molar refractivity (Wildman–Crippen MR) is 114 cm³/mol. The molecule has 4 heteroatoms. The van der Waals surface area contributed by atoms with Crippen molar-refractivity contribution >= 4 is 28.1 Å². The van der Waals surface area contributed by atoms with Crippen LogP contribution in [0, 0.1) is 13.8 Å². The second kappa shape index (κ2) is 7.78. The van der Waals surface area contributed by atoms with Crippen LogP contribution >= 0.6 is 0 Å². The minimum Gasteiger partial charge on any atom is -0.422 e. The molecular formula is C23H26N2O2. The molecule has 0 radical (unpaired) electrons. The molecule has 0 unspecified atom stereocenters. The summed E-state index contributed by atoms with van der Waals surface area (Å²) in [5.74, 6) is 0. The average molecular weight is 362 g/mol.